The molecule has 2 aromatic rings. The maximum Gasteiger partial charge on any atom is 0.319 e. The van der Waals surface area contributed by atoms with Gasteiger partial charge in [0.05, 0.1) is 0 Å². The smallest absolute Gasteiger partial charge is 0.319 e. The molecular weight excluding hydrogens is 304 g/mol. The van der Waals surface area contributed by atoms with Crippen LogP contribution in [0.25, 0.3) is 0 Å². The van der Waals surface area contributed by atoms with Crippen molar-refractivity contribution in [3.05, 3.63) is 64.1 Å². The van der Waals surface area contributed by atoms with Crippen molar-refractivity contribution in [3.8, 4) is 0 Å². The molecule has 2 N–H and O–H groups in total. The van der Waals surface area contributed by atoms with Crippen LogP contribution in [0.5, 0.6) is 0 Å². The number of carbonyl (C=O) groups excluding carboxylic acids is 1. The monoisotopic (exact) mass is 318 g/mol. The van der Waals surface area contributed by atoms with Crippen LogP contribution in [0.1, 0.15) is 11.1 Å². The highest BCUT2D eigenvalue weighted by atomic mass is 79.9. The van der Waals surface area contributed by atoms with E-state index in [0.29, 0.717) is 6.54 Å². The number of aryl methyl sites for hydroxylation is 1. The quantitative estimate of drug-likeness (QED) is 0.879. The lowest BCUT2D eigenvalue weighted by Gasteiger charge is -2.08. The zero-order chi connectivity index (χ0) is 13.7. The molecule has 0 heterocycles. The molecule has 0 aromatic heterocycles. The Kier molecular flexibility index (Phi) is 4.58. The largest absolute Gasteiger partial charge is 0.334 e. The minimum atomic E-state index is -0.200. The average molecular weight is 319 g/mol. The maximum atomic E-state index is 11.7. The number of hydrogen-bond donors (Lipinski definition) is 2. The van der Waals surface area contributed by atoms with E-state index in [1.165, 1.54) is 0 Å². The van der Waals surface area contributed by atoms with Crippen molar-refractivity contribution >= 4 is 27.6 Å². The Morgan fingerprint density at radius 2 is 1.89 bits per heavy atom. The molecule has 2 amide bonds. The summed E-state index contributed by atoms with van der Waals surface area (Å²) in [7, 11) is 0. The third kappa shape index (κ3) is 4.41. The predicted octanol–water partition coefficient (Wildman–Crippen LogP) is 4.08. The summed E-state index contributed by atoms with van der Waals surface area (Å²) in [5.74, 6) is 0. The van der Waals surface area contributed by atoms with Crippen LogP contribution in [-0.4, -0.2) is 6.03 Å². The van der Waals surface area contributed by atoms with Gasteiger partial charge < -0.3 is 10.6 Å². The first kappa shape index (κ1) is 13.6. The molecule has 0 bridgehead atoms. The fourth-order valence-electron chi connectivity index (χ4n) is 1.68. The molecule has 0 fully saturated rings. The highest BCUT2D eigenvalue weighted by Crippen LogP contribution is 2.11. The predicted molar refractivity (Wildman–Crippen MR) is 81.2 cm³/mol. The highest BCUT2D eigenvalue weighted by Gasteiger charge is 2.01. The number of carbonyl (C=O) groups is 1. The lowest BCUT2D eigenvalue weighted by Crippen LogP contribution is -2.28. The average Bonchev–Trinajstić information content (AvgIpc) is 2.38. The van der Waals surface area contributed by atoms with E-state index in [1.807, 2.05) is 55.5 Å². The summed E-state index contributed by atoms with van der Waals surface area (Å²) < 4.78 is 1.03. The van der Waals surface area contributed by atoms with Gasteiger partial charge in [0.15, 0.2) is 0 Å². The molecule has 19 heavy (non-hydrogen) atoms. The summed E-state index contributed by atoms with van der Waals surface area (Å²) in [6.07, 6.45) is 0. The first-order chi connectivity index (χ1) is 9.13. The number of nitrogens with one attached hydrogen (secondary N) is 2. The van der Waals surface area contributed by atoms with E-state index < -0.39 is 0 Å². The van der Waals surface area contributed by atoms with Crippen LogP contribution in [-0.2, 0) is 6.54 Å². The third-order valence-corrected chi connectivity index (χ3v) is 3.17. The van der Waals surface area contributed by atoms with E-state index in [9.17, 15) is 4.79 Å². The van der Waals surface area contributed by atoms with Crippen LogP contribution in [0.2, 0.25) is 0 Å². The Bertz CT molecular complexity index is 567. The Morgan fingerprint density at radius 3 is 2.58 bits per heavy atom. The summed E-state index contributed by atoms with van der Waals surface area (Å²) in [5, 5.41) is 5.63. The van der Waals surface area contributed by atoms with Crippen LogP contribution in [0.3, 0.4) is 0 Å². The Hall–Kier alpha value is -1.81. The SMILES string of the molecule is Cc1cccc(NC(=O)NCc2ccc(Br)cc2)c1. The molecule has 0 aliphatic rings. The molecule has 0 saturated heterocycles. The summed E-state index contributed by atoms with van der Waals surface area (Å²) in [4.78, 5) is 11.7. The Labute approximate surface area is 121 Å². The summed E-state index contributed by atoms with van der Waals surface area (Å²) in [6.45, 7) is 2.50. The van der Waals surface area contributed by atoms with Crippen molar-refractivity contribution in [2.45, 2.75) is 13.5 Å². The number of rotatable bonds is 3. The number of hydrogen-bond acceptors (Lipinski definition) is 1. The van der Waals surface area contributed by atoms with Gasteiger partial charge in [-0.15, -0.1) is 0 Å². The van der Waals surface area contributed by atoms with Gasteiger partial charge >= 0.3 is 6.03 Å². The van der Waals surface area contributed by atoms with E-state index >= 15 is 0 Å². The van der Waals surface area contributed by atoms with Gasteiger partial charge in [0, 0.05) is 16.7 Å². The van der Waals surface area contributed by atoms with Gasteiger partial charge in [0.1, 0.15) is 0 Å². The summed E-state index contributed by atoms with van der Waals surface area (Å²) in [6, 6.07) is 15.4. The fraction of sp³-hybridized carbons (Fsp3) is 0.133. The molecule has 2 rings (SSSR count). The molecular formula is C15H15BrN2O. The first-order valence-electron chi connectivity index (χ1n) is 5.99. The second-order valence-corrected chi connectivity index (χ2v) is 5.22. The lowest BCUT2D eigenvalue weighted by molar-refractivity contribution is 0.251. The molecule has 2 aromatic carbocycles. The number of benzene rings is 2. The topological polar surface area (TPSA) is 41.1 Å². The Balaban J connectivity index is 1.86. The van der Waals surface area contributed by atoms with Gasteiger partial charge in [-0.2, -0.15) is 0 Å². The van der Waals surface area contributed by atoms with Crippen LogP contribution in [0, 0.1) is 6.92 Å². The van der Waals surface area contributed by atoms with Crippen molar-refractivity contribution in [2.75, 3.05) is 5.32 Å². The van der Waals surface area contributed by atoms with Gasteiger partial charge in [0.2, 0.25) is 0 Å². The molecule has 4 heteroatoms. The number of urea groups is 1. The molecule has 0 radical (unpaired) electrons. The second-order valence-electron chi connectivity index (χ2n) is 4.30. The lowest BCUT2D eigenvalue weighted by atomic mass is 10.2. The minimum Gasteiger partial charge on any atom is -0.334 e. The van der Waals surface area contributed by atoms with Gasteiger partial charge in [0.25, 0.3) is 0 Å². The van der Waals surface area contributed by atoms with E-state index in [1.54, 1.807) is 0 Å². The molecule has 0 atom stereocenters. The normalized spacial score (nSPS) is 10.0. The van der Waals surface area contributed by atoms with Crippen LogP contribution in [0.4, 0.5) is 10.5 Å². The summed E-state index contributed by atoms with van der Waals surface area (Å²) in [5.41, 5.74) is 2.97. The van der Waals surface area contributed by atoms with E-state index in [0.717, 1.165) is 21.3 Å². The molecule has 0 spiro atoms. The van der Waals surface area contributed by atoms with E-state index in [4.69, 9.17) is 0 Å². The molecule has 98 valence electrons. The highest BCUT2D eigenvalue weighted by molar-refractivity contribution is 9.10. The fourth-order valence-corrected chi connectivity index (χ4v) is 1.95. The van der Waals surface area contributed by atoms with E-state index in [-0.39, 0.29) is 6.03 Å². The van der Waals surface area contributed by atoms with Gasteiger partial charge in [-0.05, 0) is 42.3 Å². The van der Waals surface area contributed by atoms with Gasteiger partial charge in [-0.25, -0.2) is 4.79 Å². The Morgan fingerprint density at radius 1 is 1.16 bits per heavy atom. The van der Waals surface area contributed by atoms with Gasteiger partial charge in [-0.1, -0.05) is 40.2 Å². The zero-order valence-electron chi connectivity index (χ0n) is 10.6. The maximum absolute atomic E-state index is 11.7. The first-order valence-corrected chi connectivity index (χ1v) is 6.79. The van der Waals surface area contributed by atoms with Crippen LogP contribution in [0.15, 0.2) is 53.0 Å². The van der Waals surface area contributed by atoms with Crippen molar-refractivity contribution < 1.29 is 4.79 Å². The summed E-state index contributed by atoms with van der Waals surface area (Å²) >= 11 is 3.38. The second kappa shape index (κ2) is 6.38. The third-order valence-electron chi connectivity index (χ3n) is 2.64. The number of anilines is 1. The van der Waals surface area contributed by atoms with Crippen molar-refractivity contribution in [2.24, 2.45) is 0 Å². The molecule has 0 aliphatic carbocycles. The van der Waals surface area contributed by atoms with Crippen molar-refractivity contribution in [1.82, 2.24) is 5.32 Å². The van der Waals surface area contributed by atoms with E-state index in [2.05, 4.69) is 26.6 Å². The number of amides is 2. The molecule has 0 aliphatic heterocycles. The zero-order valence-corrected chi connectivity index (χ0v) is 12.2. The van der Waals surface area contributed by atoms with Crippen molar-refractivity contribution in [1.29, 1.82) is 0 Å². The van der Waals surface area contributed by atoms with Gasteiger partial charge in [-0.3, -0.25) is 0 Å². The van der Waals surface area contributed by atoms with Crippen LogP contribution < -0.4 is 10.6 Å². The molecule has 0 saturated carbocycles. The number of halogens is 1. The van der Waals surface area contributed by atoms with Crippen LogP contribution >= 0.6 is 15.9 Å². The van der Waals surface area contributed by atoms with Crippen molar-refractivity contribution in [3.63, 3.8) is 0 Å². The molecule has 0 unspecified atom stereocenters. The standard InChI is InChI=1S/C15H15BrN2O/c1-11-3-2-4-14(9-11)18-15(19)17-10-12-5-7-13(16)8-6-12/h2-9H,10H2,1H3,(H2,17,18,19). The minimum absolute atomic E-state index is 0.200. The molecule has 3 nitrogen and oxygen atoms in total.